The molecule has 0 bridgehead atoms. The highest BCUT2D eigenvalue weighted by atomic mass is 35.5. The minimum Gasteiger partial charge on any atom is -0.432 e. The standard InChI is InChI=1S/C23H13ClF4N6O2/c24-13-4-3-12(9-14(13)25)19-20(33-8-6-15(11-1-2-11)30-22(33)35)31-21(36-19)16-10-18-29-7-5-17(23(26,27)28)34(18)32-16/h3-11H,1-2H2. The predicted octanol–water partition coefficient (Wildman–Crippen LogP) is 5.29. The van der Waals surface area contributed by atoms with Crippen LogP contribution in [0.2, 0.25) is 5.02 Å². The maximum absolute atomic E-state index is 14.2. The minimum absolute atomic E-state index is 0.0234. The van der Waals surface area contributed by atoms with Crippen LogP contribution in [0.25, 0.3) is 34.4 Å². The van der Waals surface area contributed by atoms with E-state index in [9.17, 15) is 22.4 Å². The molecule has 0 atom stereocenters. The van der Waals surface area contributed by atoms with Crippen molar-refractivity contribution in [2.75, 3.05) is 0 Å². The van der Waals surface area contributed by atoms with E-state index in [4.69, 9.17) is 16.0 Å². The average Bonchev–Trinajstić information content (AvgIpc) is 3.44. The first kappa shape index (κ1) is 22.4. The number of hydrogen-bond donors (Lipinski definition) is 0. The van der Waals surface area contributed by atoms with Gasteiger partial charge in [0.25, 0.3) is 0 Å². The van der Waals surface area contributed by atoms with Crippen molar-refractivity contribution in [2.45, 2.75) is 24.9 Å². The molecule has 0 N–H and O–H groups in total. The van der Waals surface area contributed by atoms with Gasteiger partial charge in [-0.1, -0.05) is 11.6 Å². The highest BCUT2D eigenvalue weighted by Crippen LogP contribution is 2.39. The van der Waals surface area contributed by atoms with Gasteiger partial charge in [0, 0.05) is 29.9 Å². The summed E-state index contributed by atoms with van der Waals surface area (Å²) in [5, 5.41) is 3.84. The Morgan fingerprint density at radius 2 is 1.89 bits per heavy atom. The van der Waals surface area contributed by atoms with Gasteiger partial charge in [0.1, 0.15) is 11.5 Å². The van der Waals surface area contributed by atoms with Crippen LogP contribution in [0.1, 0.15) is 30.1 Å². The Balaban J connectivity index is 1.54. The van der Waals surface area contributed by atoms with Crippen LogP contribution in [0, 0.1) is 5.82 Å². The van der Waals surface area contributed by atoms with Crippen molar-refractivity contribution in [3.63, 3.8) is 0 Å². The molecule has 0 spiro atoms. The number of aromatic nitrogens is 6. The lowest BCUT2D eigenvalue weighted by molar-refractivity contribution is -0.142. The van der Waals surface area contributed by atoms with E-state index in [1.807, 2.05) is 0 Å². The van der Waals surface area contributed by atoms with Gasteiger partial charge in [-0.05, 0) is 43.2 Å². The number of oxazole rings is 1. The van der Waals surface area contributed by atoms with Crippen molar-refractivity contribution in [2.24, 2.45) is 0 Å². The summed E-state index contributed by atoms with van der Waals surface area (Å²) in [5.41, 5.74) is -0.984. The van der Waals surface area contributed by atoms with E-state index in [1.165, 1.54) is 24.4 Å². The fraction of sp³-hybridized carbons (Fsp3) is 0.174. The van der Waals surface area contributed by atoms with E-state index < -0.39 is 23.4 Å². The van der Waals surface area contributed by atoms with Crippen LogP contribution in [0.3, 0.4) is 0 Å². The zero-order valence-electron chi connectivity index (χ0n) is 18.0. The van der Waals surface area contributed by atoms with Gasteiger partial charge in [-0.3, -0.25) is 0 Å². The van der Waals surface area contributed by atoms with E-state index in [0.29, 0.717) is 10.2 Å². The molecule has 6 rings (SSSR count). The quantitative estimate of drug-likeness (QED) is 0.302. The van der Waals surface area contributed by atoms with Crippen LogP contribution in [0.5, 0.6) is 0 Å². The van der Waals surface area contributed by atoms with Crippen LogP contribution in [-0.2, 0) is 6.18 Å². The van der Waals surface area contributed by atoms with E-state index in [1.54, 1.807) is 6.07 Å². The fourth-order valence-corrected chi connectivity index (χ4v) is 3.93. The largest absolute Gasteiger partial charge is 0.433 e. The van der Waals surface area contributed by atoms with Crippen molar-refractivity contribution < 1.29 is 22.0 Å². The highest BCUT2D eigenvalue weighted by molar-refractivity contribution is 6.30. The number of alkyl halides is 3. The molecule has 0 radical (unpaired) electrons. The molecule has 1 aliphatic carbocycles. The van der Waals surface area contributed by atoms with Gasteiger partial charge in [-0.2, -0.15) is 28.2 Å². The zero-order chi connectivity index (χ0) is 25.2. The van der Waals surface area contributed by atoms with Crippen LogP contribution in [0.15, 0.2) is 58.0 Å². The van der Waals surface area contributed by atoms with Crippen LogP contribution in [-0.4, -0.2) is 29.1 Å². The monoisotopic (exact) mass is 516 g/mol. The zero-order valence-corrected chi connectivity index (χ0v) is 18.8. The second-order valence-electron chi connectivity index (χ2n) is 8.21. The SMILES string of the molecule is O=c1nc(C2CC2)ccn1-c1nc(-c2cc3nccc(C(F)(F)F)n3n2)oc1-c1ccc(Cl)c(F)c1. The molecular weight excluding hydrogens is 504 g/mol. The smallest absolute Gasteiger partial charge is 0.432 e. The molecule has 0 aliphatic heterocycles. The molecule has 4 heterocycles. The van der Waals surface area contributed by atoms with E-state index >= 15 is 0 Å². The number of benzene rings is 1. The molecule has 1 fully saturated rings. The molecule has 5 aromatic rings. The number of rotatable bonds is 4. The molecule has 0 saturated heterocycles. The lowest BCUT2D eigenvalue weighted by atomic mass is 10.1. The average molecular weight is 517 g/mol. The van der Waals surface area contributed by atoms with E-state index in [2.05, 4.69) is 20.1 Å². The Bertz CT molecular complexity index is 1700. The summed E-state index contributed by atoms with van der Waals surface area (Å²) in [6, 6.07) is 7.60. The summed E-state index contributed by atoms with van der Waals surface area (Å²) in [6.07, 6.45) is -0.295. The first-order chi connectivity index (χ1) is 17.2. The highest BCUT2D eigenvalue weighted by Gasteiger charge is 2.35. The summed E-state index contributed by atoms with van der Waals surface area (Å²) >= 11 is 5.80. The maximum atomic E-state index is 14.2. The minimum atomic E-state index is -4.68. The Labute approximate surface area is 203 Å². The second-order valence-corrected chi connectivity index (χ2v) is 8.61. The molecule has 1 aliphatic rings. The molecule has 4 aromatic heterocycles. The van der Waals surface area contributed by atoms with Crippen LogP contribution >= 0.6 is 11.6 Å². The Morgan fingerprint density at radius 1 is 1.08 bits per heavy atom. The van der Waals surface area contributed by atoms with Gasteiger partial charge in [0.15, 0.2) is 22.9 Å². The summed E-state index contributed by atoms with van der Waals surface area (Å²) in [5.74, 6) is -0.762. The van der Waals surface area contributed by atoms with Gasteiger partial charge in [-0.25, -0.2) is 23.3 Å². The third-order valence-corrected chi connectivity index (χ3v) is 6.01. The van der Waals surface area contributed by atoms with Gasteiger partial charge in [-0.15, -0.1) is 0 Å². The normalized spacial score (nSPS) is 14.0. The number of hydrogen-bond acceptors (Lipinski definition) is 6. The van der Waals surface area contributed by atoms with Crippen molar-refractivity contribution in [1.29, 1.82) is 0 Å². The summed E-state index contributed by atoms with van der Waals surface area (Å²) < 4.78 is 62.1. The number of fused-ring (bicyclic) bond motifs is 1. The molecule has 1 saturated carbocycles. The maximum Gasteiger partial charge on any atom is 0.433 e. The van der Waals surface area contributed by atoms with Crippen molar-refractivity contribution >= 4 is 17.2 Å². The molecule has 182 valence electrons. The van der Waals surface area contributed by atoms with Crippen LogP contribution in [0.4, 0.5) is 17.6 Å². The predicted molar refractivity (Wildman–Crippen MR) is 119 cm³/mol. The molecule has 8 nitrogen and oxygen atoms in total. The number of nitrogens with zero attached hydrogens (tertiary/aromatic N) is 6. The van der Waals surface area contributed by atoms with Gasteiger partial charge < -0.3 is 4.42 Å². The van der Waals surface area contributed by atoms with Crippen molar-refractivity contribution in [3.05, 3.63) is 81.5 Å². The first-order valence-corrected chi connectivity index (χ1v) is 11.1. The molecule has 13 heteroatoms. The van der Waals surface area contributed by atoms with Gasteiger partial charge >= 0.3 is 11.9 Å². The second kappa shape index (κ2) is 7.98. The number of halogens is 5. The Kier molecular flexibility index (Phi) is 4.97. The summed E-state index contributed by atoms with van der Waals surface area (Å²) in [7, 11) is 0. The third-order valence-electron chi connectivity index (χ3n) is 5.71. The molecular formula is C23H13ClF4N6O2. The third kappa shape index (κ3) is 3.83. The van der Waals surface area contributed by atoms with Crippen molar-refractivity contribution in [3.8, 4) is 28.7 Å². The van der Waals surface area contributed by atoms with Gasteiger partial charge in [0.05, 0.1) is 10.7 Å². The van der Waals surface area contributed by atoms with E-state index in [0.717, 1.165) is 35.7 Å². The molecule has 0 amide bonds. The molecule has 36 heavy (non-hydrogen) atoms. The van der Waals surface area contributed by atoms with Crippen molar-refractivity contribution in [1.82, 2.24) is 29.1 Å². The first-order valence-electron chi connectivity index (χ1n) is 10.7. The lowest BCUT2D eigenvalue weighted by Crippen LogP contribution is -2.22. The lowest BCUT2D eigenvalue weighted by Gasteiger charge is -2.07. The summed E-state index contributed by atoms with van der Waals surface area (Å²) in [6.45, 7) is 0. The molecule has 1 aromatic carbocycles. The van der Waals surface area contributed by atoms with E-state index in [-0.39, 0.29) is 45.3 Å². The van der Waals surface area contributed by atoms with Gasteiger partial charge in [0.2, 0.25) is 5.89 Å². The van der Waals surface area contributed by atoms with Crippen LogP contribution < -0.4 is 5.69 Å². The topological polar surface area (TPSA) is 91.1 Å². The summed E-state index contributed by atoms with van der Waals surface area (Å²) in [4.78, 5) is 25.2. The fourth-order valence-electron chi connectivity index (χ4n) is 3.81. The Morgan fingerprint density at radius 3 is 2.58 bits per heavy atom. The Hall–Kier alpha value is -4.06. The molecule has 0 unspecified atom stereocenters.